The second-order valence-electron chi connectivity index (χ2n) is 11.3. The van der Waals surface area contributed by atoms with Crippen LogP contribution in [0.3, 0.4) is 0 Å². The molecule has 2 unspecified atom stereocenters. The van der Waals surface area contributed by atoms with Gasteiger partial charge in [-0.15, -0.1) is 0 Å². The first-order valence-electron chi connectivity index (χ1n) is 16.4. The van der Waals surface area contributed by atoms with E-state index in [9.17, 15) is 0 Å². The second-order valence-corrected chi connectivity index (χ2v) is 11.3. The minimum Gasteiger partial charge on any atom is -0.494 e. The molecular weight excluding hydrogens is 532 g/mol. The number of hydrogen-bond acceptors (Lipinski definition) is 7. The van der Waals surface area contributed by atoms with Crippen LogP contribution in [0.5, 0.6) is 17.2 Å². The maximum absolute atomic E-state index is 5.96. The van der Waals surface area contributed by atoms with Gasteiger partial charge in [-0.1, -0.05) is 25.0 Å². The quantitative estimate of drug-likeness (QED) is 0.137. The van der Waals surface area contributed by atoms with Gasteiger partial charge in [-0.2, -0.15) is 0 Å². The van der Waals surface area contributed by atoms with Gasteiger partial charge in [0.05, 0.1) is 13.2 Å². The van der Waals surface area contributed by atoms with Gasteiger partial charge in [0, 0.05) is 26.4 Å². The number of rotatable bonds is 21. The fourth-order valence-electron chi connectivity index (χ4n) is 5.09. The molecule has 2 atom stereocenters. The van der Waals surface area contributed by atoms with Crippen LogP contribution in [0.1, 0.15) is 95.5 Å². The molecule has 7 nitrogen and oxygen atoms in total. The molecular formula is C35H52O7. The first kappa shape index (κ1) is 32.6. The monoisotopic (exact) mass is 584 g/mol. The Labute approximate surface area is 253 Å². The predicted molar refractivity (Wildman–Crippen MR) is 164 cm³/mol. The Kier molecular flexibility index (Phi) is 16.0. The van der Waals surface area contributed by atoms with Gasteiger partial charge >= 0.3 is 0 Å². The lowest BCUT2D eigenvalue weighted by Crippen LogP contribution is -2.22. The minimum atomic E-state index is 0.0260. The predicted octanol–water partition coefficient (Wildman–Crippen LogP) is 8.23. The molecule has 0 amide bonds. The summed E-state index contributed by atoms with van der Waals surface area (Å²) in [6, 6.07) is 16.0. The van der Waals surface area contributed by atoms with E-state index in [0.717, 1.165) is 140 Å². The van der Waals surface area contributed by atoms with Crippen molar-refractivity contribution in [1.82, 2.24) is 0 Å². The normalized spacial score (nSPS) is 19.0. The molecule has 2 aromatic carbocycles. The summed E-state index contributed by atoms with van der Waals surface area (Å²) in [5, 5.41) is 0. The Morgan fingerprint density at radius 1 is 0.476 bits per heavy atom. The smallest absolute Gasteiger partial charge is 0.157 e. The molecule has 4 rings (SSSR count). The molecule has 2 aromatic rings. The van der Waals surface area contributed by atoms with Crippen molar-refractivity contribution in [3.8, 4) is 17.2 Å². The molecule has 7 heteroatoms. The topological polar surface area (TPSA) is 64.6 Å². The average molecular weight is 585 g/mol. The number of unbranched alkanes of at least 4 members (excludes halogenated alkanes) is 6. The average Bonchev–Trinajstić information content (AvgIpc) is 3.04. The highest BCUT2D eigenvalue weighted by Crippen LogP contribution is 2.21. The van der Waals surface area contributed by atoms with Crippen molar-refractivity contribution >= 4 is 0 Å². The van der Waals surface area contributed by atoms with Crippen molar-refractivity contribution in [2.45, 2.75) is 109 Å². The van der Waals surface area contributed by atoms with Gasteiger partial charge in [0.15, 0.2) is 12.6 Å². The minimum absolute atomic E-state index is 0.0260. The van der Waals surface area contributed by atoms with E-state index in [4.69, 9.17) is 33.2 Å². The van der Waals surface area contributed by atoms with Crippen LogP contribution in [0, 0.1) is 0 Å². The van der Waals surface area contributed by atoms with Gasteiger partial charge in [0.25, 0.3) is 0 Å². The SMILES string of the molecule is c1cc(OCCCCCCOC2CCCCO2)ccc1COc1ccc(OCCCCCCOC2CCCCO2)cc1. The molecule has 0 aliphatic carbocycles. The maximum atomic E-state index is 5.96. The van der Waals surface area contributed by atoms with E-state index in [1.54, 1.807) is 0 Å². The van der Waals surface area contributed by atoms with Gasteiger partial charge in [-0.25, -0.2) is 0 Å². The van der Waals surface area contributed by atoms with Gasteiger partial charge in [-0.3, -0.25) is 0 Å². The van der Waals surface area contributed by atoms with Crippen molar-refractivity contribution < 1.29 is 33.2 Å². The number of benzene rings is 2. The lowest BCUT2D eigenvalue weighted by molar-refractivity contribution is -0.163. The summed E-state index contributed by atoms with van der Waals surface area (Å²) in [4.78, 5) is 0. The molecule has 0 radical (unpaired) electrons. The summed E-state index contributed by atoms with van der Waals surface area (Å²) < 4.78 is 40.5. The lowest BCUT2D eigenvalue weighted by Gasteiger charge is -2.22. The third-order valence-electron chi connectivity index (χ3n) is 7.65. The zero-order valence-electron chi connectivity index (χ0n) is 25.5. The molecule has 42 heavy (non-hydrogen) atoms. The largest absolute Gasteiger partial charge is 0.494 e. The Balaban J connectivity index is 0.967. The van der Waals surface area contributed by atoms with Crippen LogP contribution in [-0.4, -0.2) is 52.2 Å². The van der Waals surface area contributed by atoms with E-state index in [1.807, 2.05) is 36.4 Å². The van der Waals surface area contributed by atoms with Gasteiger partial charge < -0.3 is 33.2 Å². The molecule has 0 saturated carbocycles. The van der Waals surface area contributed by atoms with Crippen LogP contribution >= 0.6 is 0 Å². The fourth-order valence-corrected chi connectivity index (χ4v) is 5.09. The highest BCUT2D eigenvalue weighted by atomic mass is 16.7. The fraction of sp³-hybridized carbons (Fsp3) is 0.657. The summed E-state index contributed by atoms with van der Waals surface area (Å²) in [5.74, 6) is 2.62. The zero-order chi connectivity index (χ0) is 28.9. The van der Waals surface area contributed by atoms with Crippen LogP contribution in [0.4, 0.5) is 0 Å². The summed E-state index contributed by atoms with van der Waals surface area (Å²) in [7, 11) is 0. The molecule has 0 bridgehead atoms. The Morgan fingerprint density at radius 3 is 1.36 bits per heavy atom. The van der Waals surface area contributed by atoms with Crippen molar-refractivity contribution in [2.24, 2.45) is 0 Å². The van der Waals surface area contributed by atoms with Crippen molar-refractivity contribution in [3.63, 3.8) is 0 Å². The van der Waals surface area contributed by atoms with E-state index >= 15 is 0 Å². The van der Waals surface area contributed by atoms with E-state index in [0.29, 0.717) is 6.61 Å². The van der Waals surface area contributed by atoms with Crippen molar-refractivity contribution in [1.29, 1.82) is 0 Å². The molecule has 2 aliphatic rings. The third-order valence-corrected chi connectivity index (χ3v) is 7.65. The van der Waals surface area contributed by atoms with Crippen LogP contribution in [0.15, 0.2) is 48.5 Å². The third kappa shape index (κ3) is 13.8. The van der Waals surface area contributed by atoms with Crippen LogP contribution in [0.25, 0.3) is 0 Å². The second kappa shape index (κ2) is 20.6. The van der Waals surface area contributed by atoms with E-state index in [-0.39, 0.29) is 12.6 Å². The maximum Gasteiger partial charge on any atom is 0.157 e. The van der Waals surface area contributed by atoms with Crippen LogP contribution in [-0.2, 0) is 25.6 Å². The highest BCUT2D eigenvalue weighted by molar-refractivity contribution is 5.32. The van der Waals surface area contributed by atoms with Crippen LogP contribution in [0.2, 0.25) is 0 Å². The number of hydrogen-bond donors (Lipinski definition) is 0. The molecule has 2 fully saturated rings. The summed E-state index contributed by atoms with van der Waals surface area (Å²) in [5.41, 5.74) is 1.11. The lowest BCUT2D eigenvalue weighted by atomic mass is 10.2. The molecule has 2 saturated heterocycles. The van der Waals surface area contributed by atoms with Gasteiger partial charge in [-0.05, 0) is 119 Å². The van der Waals surface area contributed by atoms with E-state index in [2.05, 4.69) is 12.1 Å². The standard InChI is InChI=1S/C35H52O7/c1(3-9-25-38-34-13-5-11-27-40-34)7-23-36-31-17-15-30(16-18-31)29-42-33-21-19-32(20-22-33)37-24-8-2-4-10-26-39-35-14-6-12-28-41-35/h15-22,34-35H,1-14,23-29H2. The molecule has 2 aliphatic heterocycles. The first-order valence-corrected chi connectivity index (χ1v) is 16.4. The van der Waals surface area contributed by atoms with Crippen molar-refractivity contribution in [3.05, 3.63) is 54.1 Å². The summed E-state index contributed by atoms with van der Waals surface area (Å²) in [6.07, 6.45) is 15.8. The summed E-state index contributed by atoms with van der Waals surface area (Å²) in [6.45, 7) is 5.25. The Hall–Kier alpha value is -2.32. The molecule has 0 aromatic heterocycles. The molecule has 234 valence electrons. The molecule has 0 N–H and O–H groups in total. The van der Waals surface area contributed by atoms with Gasteiger partial charge in [0.1, 0.15) is 23.9 Å². The van der Waals surface area contributed by atoms with Crippen molar-refractivity contribution in [2.75, 3.05) is 39.6 Å². The Bertz CT molecular complexity index is 844. The van der Waals surface area contributed by atoms with E-state index in [1.165, 1.54) is 12.8 Å². The molecule has 0 spiro atoms. The summed E-state index contributed by atoms with van der Waals surface area (Å²) >= 11 is 0. The molecule has 2 heterocycles. The zero-order valence-corrected chi connectivity index (χ0v) is 25.5. The van der Waals surface area contributed by atoms with E-state index < -0.39 is 0 Å². The van der Waals surface area contributed by atoms with Gasteiger partial charge in [0.2, 0.25) is 0 Å². The Morgan fingerprint density at radius 2 is 0.905 bits per heavy atom. The highest BCUT2D eigenvalue weighted by Gasteiger charge is 2.14. The first-order chi connectivity index (χ1) is 20.8. The number of ether oxygens (including phenoxy) is 7. The van der Waals surface area contributed by atoms with Crippen LogP contribution < -0.4 is 14.2 Å².